The molecule has 6 heteroatoms. The van der Waals surface area contributed by atoms with Crippen LogP contribution in [0, 0.1) is 0 Å². The molecular formula is C33H40ClN3O2. The zero-order valence-corrected chi connectivity index (χ0v) is 23.9. The molecule has 4 rings (SSSR count). The molecule has 0 saturated heterocycles. The zero-order valence-electron chi connectivity index (χ0n) is 23.1. The van der Waals surface area contributed by atoms with Crippen molar-refractivity contribution >= 4 is 29.5 Å². The summed E-state index contributed by atoms with van der Waals surface area (Å²) in [5.74, 6) is -0.124. The molecule has 1 saturated carbocycles. The summed E-state index contributed by atoms with van der Waals surface area (Å²) in [4.78, 5) is 31.0. The molecule has 1 aliphatic rings. The molecule has 1 atom stereocenters. The van der Waals surface area contributed by atoms with Gasteiger partial charge >= 0.3 is 0 Å². The maximum Gasteiger partial charge on any atom is 0.247 e. The smallest absolute Gasteiger partial charge is 0.247 e. The van der Waals surface area contributed by atoms with Crippen LogP contribution in [0.1, 0.15) is 69.2 Å². The Hall–Kier alpha value is -3.31. The highest BCUT2D eigenvalue weighted by Crippen LogP contribution is 2.26. The summed E-state index contributed by atoms with van der Waals surface area (Å²) in [5.41, 5.74) is 3.08. The summed E-state index contributed by atoms with van der Waals surface area (Å²) in [6.07, 6.45) is 11.7. The Kier molecular flexibility index (Phi) is 10.4. The van der Waals surface area contributed by atoms with Crippen LogP contribution in [-0.4, -0.2) is 44.8 Å². The molecule has 5 nitrogen and oxygen atoms in total. The third-order valence-electron chi connectivity index (χ3n) is 7.82. The first-order valence-electron chi connectivity index (χ1n) is 14.2. The van der Waals surface area contributed by atoms with Gasteiger partial charge in [-0.2, -0.15) is 0 Å². The van der Waals surface area contributed by atoms with E-state index in [0.717, 1.165) is 53.9 Å². The number of benzene rings is 2. The van der Waals surface area contributed by atoms with Crippen LogP contribution >= 0.6 is 11.6 Å². The van der Waals surface area contributed by atoms with Crippen molar-refractivity contribution in [1.29, 1.82) is 0 Å². The van der Waals surface area contributed by atoms with Crippen molar-refractivity contribution in [2.75, 3.05) is 6.54 Å². The Balaban J connectivity index is 1.54. The molecule has 1 fully saturated rings. The van der Waals surface area contributed by atoms with Crippen LogP contribution in [0.2, 0.25) is 5.02 Å². The number of hydrogen-bond acceptors (Lipinski definition) is 2. The lowest BCUT2D eigenvalue weighted by atomic mass is 9.94. The molecule has 0 bridgehead atoms. The van der Waals surface area contributed by atoms with Gasteiger partial charge in [-0.3, -0.25) is 9.59 Å². The summed E-state index contributed by atoms with van der Waals surface area (Å²) in [6.45, 7) is 5.31. The Labute approximate surface area is 238 Å². The maximum absolute atomic E-state index is 14.0. The van der Waals surface area contributed by atoms with E-state index < -0.39 is 0 Å². The molecule has 2 amide bonds. The number of carbonyl (C=O) groups excluding carboxylic acids is 2. The highest BCUT2D eigenvalue weighted by molar-refractivity contribution is 6.31. The van der Waals surface area contributed by atoms with Crippen molar-refractivity contribution in [3.05, 3.63) is 101 Å². The molecule has 1 unspecified atom stereocenters. The first kappa shape index (κ1) is 28.7. The molecule has 3 aromatic rings. The lowest BCUT2D eigenvalue weighted by Gasteiger charge is -2.37. The van der Waals surface area contributed by atoms with E-state index >= 15 is 0 Å². The molecule has 1 aliphatic carbocycles. The van der Waals surface area contributed by atoms with Crippen LogP contribution in [0.15, 0.2) is 79.0 Å². The van der Waals surface area contributed by atoms with Crippen molar-refractivity contribution in [3.63, 3.8) is 0 Å². The van der Waals surface area contributed by atoms with Gasteiger partial charge in [-0.25, -0.2) is 0 Å². The molecule has 39 heavy (non-hydrogen) atoms. The number of nitrogens with zero attached hydrogens (tertiary/aromatic N) is 3. The van der Waals surface area contributed by atoms with E-state index in [1.807, 2.05) is 84.8 Å². The van der Waals surface area contributed by atoms with Gasteiger partial charge in [0, 0.05) is 41.6 Å². The molecule has 0 spiro atoms. The number of halogens is 1. The standard InChI is InChI=1S/C33H40ClN3O2/c1-3-26(2)36(32(38)21-20-27-13-6-4-7-14-27)25-33(39)37(29-16-8-5-9-17-29)24-30-18-12-22-35(30)23-28-15-10-11-19-31(28)34/h4,6-7,10-15,18-22,26,29H,3,5,8-9,16-17,23-25H2,1-2H3/b21-20+. The minimum Gasteiger partial charge on any atom is -0.345 e. The Morgan fingerprint density at radius 1 is 1.00 bits per heavy atom. The van der Waals surface area contributed by atoms with Crippen molar-refractivity contribution in [3.8, 4) is 0 Å². The highest BCUT2D eigenvalue weighted by Gasteiger charge is 2.29. The van der Waals surface area contributed by atoms with E-state index in [1.54, 1.807) is 11.0 Å². The van der Waals surface area contributed by atoms with E-state index in [-0.39, 0.29) is 30.4 Å². The normalized spacial score (nSPS) is 14.8. The molecule has 2 aromatic carbocycles. The van der Waals surface area contributed by atoms with Crippen molar-refractivity contribution in [1.82, 2.24) is 14.4 Å². The van der Waals surface area contributed by atoms with Gasteiger partial charge in [0.1, 0.15) is 6.54 Å². The van der Waals surface area contributed by atoms with E-state index in [0.29, 0.717) is 13.1 Å². The Bertz CT molecular complexity index is 1250. The number of hydrogen-bond donors (Lipinski definition) is 0. The summed E-state index contributed by atoms with van der Waals surface area (Å²) in [6, 6.07) is 21.9. The lowest BCUT2D eigenvalue weighted by molar-refractivity contribution is -0.142. The first-order valence-corrected chi connectivity index (χ1v) is 14.5. The van der Waals surface area contributed by atoms with Crippen molar-refractivity contribution in [2.24, 2.45) is 0 Å². The van der Waals surface area contributed by atoms with Crippen LogP contribution in [0.5, 0.6) is 0 Å². The van der Waals surface area contributed by atoms with Crippen molar-refractivity contribution in [2.45, 2.75) is 77.5 Å². The summed E-state index contributed by atoms with van der Waals surface area (Å²) >= 11 is 6.45. The number of rotatable bonds is 11. The first-order chi connectivity index (χ1) is 19.0. The number of carbonyl (C=O) groups is 2. The molecule has 1 aromatic heterocycles. The molecule has 0 aliphatic heterocycles. The van der Waals surface area contributed by atoms with Crippen LogP contribution in [0.4, 0.5) is 0 Å². The van der Waals surface area contributed by atoms with Gasteiger partial charge in [-0.05, 0) is 61.6 Å². The van der Waals surface area contributed by atoms with Crippen LogP contribution in [0.3, 0.4) is 0 Å². The van der Waals surface area contributed by atoms with E-state index in [9.17, 15) is 9.59 Å². The summed E-state index contributed by atoms with van der Waals surface area (Å²) in [7, 11) is 0. The Morgan fingerprint density at radius 2 is 1.72 bits per heavy atom. The van der Waals surface area contributed by atoms with E-state index in [2.05, 4.69) is 17.6 Å². The average Bonchev–Trinajstić information content (AvgIpc) is 3.41. The van der Waals surface area contributed by atoms with Gasteiger partial charge in [0.25, 0.3) is 0 Å². The summed E-state index contributed by atoms with van der Waals surface area (Å²) < 4.78 is 2.17. The highest BCUT2D eigenvalue weighted by atomic mass is 35.5. The van der Waals surface area contributed by atoms with Gasteiger partial charge < -0.3 is 14.4 Å². The number of aromatic nitrogens is 1. The fourth-order valence-electron chi connectivity index (χ4n) is 5.28. The SMILES string of the molecule is CCC(C)N(CC(=O)N(Cc1cccn1Cc1ccccc1Cl)C1CCCCC1)C(=O)/C=C/c1ccccc1. The van der Waals surface area contributed by atoms with E-state index in [4.69, 9.17) is 11.6 Å². The minimum absolute atomic E-state index is 0.00848. The van der Waals surface area contributed by atoms with Crippen LogP contribution in [-0.2, 0) is 22.7 Å². The van der Waals surface area contributed by atoms with Gasteiger partial charge in [0.2, 0.25) is 11.8 Å². The van der Waals surface area contributed by atoms with Gasteiger partial charge in [-0.1, -0.05) is 86.3 Å². The molecule has 206 valence electrons. The average molecular weight is 546 g/mol. The number of amides is 2. The van der Waals surface area contributed by atoms with Crippen molar-refractivity contribution < 1.29 is 9.59 Å². The largest absolute Gasteiger partial charge is 0.345 e. The second kappa shape index (κ2) is 14.2. The summed E-state index contributed by atoms with van der Waals surface area (Å²) in [5, 5.41) is 0.739. The third-order valence-corrected chi connectivity index (χ3v) is 8.19. The fourth-order valence-corrected chi connectivity index (χ4v) is 5.48. The lowest BCUT2D eigenvalue weighted by Crippen LogP contribution is -2.49. The topological polar surface area (TPSA) is 45.6 Å². The zero-order chi connectivity index (χ0) is 27.6. The molecule has 0 radical (unpaired) electrons. The van der Waals surface area contributed by atoms with Gasteiger partial charge in [-0.15, -0.1) is 0 Å². The van der Waals surface area contributed by atoms with Crippen LogP contribution < -0.4 is 0 Å². The quantitative estimate of drug-likeness (QED) is 0.239. The maximum atomic E-state index is 14.0. The molecular weight excluding hydrogens is 506 g/mol. The predicted octanol–water partition coefficient (Wildman–Crippen LogP) is 7.19. The monoisotopic (exact) mass is 545 g/mol. The second-order valence-corrected chi connectivity index (χ2v) is 10.9. The molecule has 1 heterocycles. The van der Waals surface area contributed by atoms with E-state index in [1.165, 1.54) is 6.42 Å². The predicted molar refractivity (Wildman–Crippen MR) is 159 cm³/mol. The fraction of sp³-hybridized carbons (Fsp3) is 0.394. The van der Waals surface area contributed by atoms with Gasteiger partial charge in [0.15, 0.2) is 0 Å². The Morgan fingerprint density at radius 3 is 2.44 bits per heavy atom. The minimum atomic E-state index is -0.132. The second-order valence-electron chi connectivity index (χ2n) is 10.5. The van der Waals surface area contributed by atoms with Gasteiger partial charge in [0.05, 0.1) is 6.54 Å². The molecule has 0 N–H and O–H groups in total. The van der Waals surface area contributed by atoms with Crippen LogP contribution in [0.25, 0.3) is 6.08 Å². The third kappa shape index (κ3) is 7.86.